The molecule has 8 nitrogen and oxygen atoms in total. The topological polar surface area (TPSA) is 95.9 Å². The van der Waals surface area contributed by atoms with Crippen LogP contribution in [0.2, 0.25) is 0 Å². The van der Waals surface area contributed by atoms with E-state index >= 15 is 0 Å². The fourth-order valence-electron chi connectivity index (χ4n) is 5.07. The Hall–Kier alpha value is -3.81. The van der Waals surface area contributed by atoms with Crippen LogP contribution in [0.4, 0.5) is 4.79 Å². The van der Waals surface area contributed by atoms with Crippen LogP contribution < -0.4 is 10.1 Å². The molecule has 0 saturated heterocycles. The first-order valence-corrected chi connectivity index (χ1v) is 11.2. The van der Waals surface area contributed by atoms with Gasteiger partial charge in [0.2, 0.25) is 5.91 Å². The second-order valence-corrected chi connectivity index (χ2v) is 8.33. The number of ether oxygens (including phenoxy) is 3. The molecule has 0 radical (unpaired) electrons. The molecule has 1 aromatic heterocycles. The van der Waals surface area contributed by atoms with E-state index in [0.717, 1.165) is 22.2 Å². The van der Waals surface area contributed by atoms with Crippen LogP contribution in [0.15, 0.2) is 48.5 Å². The first kappa shape index (κ1) is 23.4. The normalized spacial score (nSPS) is 19.2. The number of methoxy groups -OCH3 is 2. The Morgan fingerprint density at radius 3 is 2.41 bits per heavy atom. The summed E-state index contributed by atoms with van der Waals surface area (Å²) in [6, 6.07) is 14.8. The summed E-state index contributed by atoms with van der Waals surface area (Å²) in [5.74, 6) is -0.715. The van der Waals surface area contributed by atoms with E-state index < -0.39 is 23.5 Å². The van der Waals surface area contributed by atoms with Crippen LogP contribution in [-0.2, 0) is 31.9 Å². The first-order valence-electron chi connectivity index (χ1n) is 11.2. The molecule has 0 aliphatic heterocycles. The SMILES string of the molecule is CCOC(=O)n1c2c(c3ccccc31)C[C@@](NC(C)=O)(C(=O)OC)[C@@H](c1ccc(OC)cc1)C2. The third kappa shape index (κ3) is 3.79. The number of para-hydroxylation sites is 1. The lowest BCUT2D eigenvalue weighted by atomic mass is 9.68. The lowest BCUT2D eigenvalue weighted by Gasteiger charge is -2.42. The van der Waals surface area contributed by atoms with E-state index in [4.69, 9.17) is 14.2 Å². The molecule has 0 spiro atoms. The second kappa shape index (κ2) is 9.21. The van der Waals surface area contributed by atoms with E-state index in [2.05, 4.69) is 5.32 Å². The Balaban J connectivity index is 1.99. The van der Waals surface area contributed by atoms with Crippen molar-refractivity contribution in [1.82, 2.24) is 9.88 Å². The molecule has 0 bridgehead atoms. The molecule has 1 heterocycles. The smallest absolute Gasteiger partial charge is 0.418 e. The van der Waals surface area contributed by atoms with Gasteiger partial charge in [0.05, 0.1) is 26.3 Å². The third-order valence-corrected chi connectivity index (χ3v) is 6.45. The Kier molecular flexibility index (Phi) is 6.32. The van der Waals surface area contributed by atoms with Crippen molar-refractivity contribution in [2.45, 2.75) is 38.1 Å². The maximum absolute atomic E-state index is 13.4. The highest BCUT2D eigenvalue weighted by molar-refractivity contribution is 5.96. The third-order valence-electron chi connectivity index (χ3n) is 6.45. The van der Waals surface area contributed by atoms with Crippen molar-refractivity contribution >= 4 is 28.9 Å². The van der Waals surface area contributed by atoms with Crippen LogP contribution in [0.25, 0.3) is 10.9 Å². The zero-order chi connectivity index (χ0) is 24.5. The number of hydrogen-bond acceptors (Lipinski definition) is 6. The molecule has 2 atom stereocenters. The van der Waals surface area contributed by atoms with Gasteiger partial charge in [0.25, 0.3) is 0 Å². The van der Waals surface area contributed by atoms with Crippen molar-refractivity contribution in [2.75, 3.05) is 20.8 Å². The van der Waals surface area contributed by atoms with Gasteiger partial charge in [-0.25, -0.2) is 14.2 Å². The van der Waals surface area contributed by atoms with Gasteiger partial charge in [0, 0.05) is 30.3 Å². The summed E-state index contributed by atoms with van der Waals surface area (Å²) in [4.78, 5) is 38.7. The molecule has 3 aromatic rings. The lowest BCUT2D eigenvalue weighted by molar-refractivity contribution is -0.152. The second-order valence-electron chi connectivity index (χ2n) is 8.33. The minimum Gasteiger partial charge on any atom is -0.497 e. The molecule has 178 valence electrons. The number of aromatic nitrogens is 1. The fraction of sp³-hybridized carbons (Fsp3) is 0.346. The van der Waals surface area contributed by atoms with Crippen molar-refractivity contribution in [3.8, 4) is 5.75 Å². The number of carbonyl (C=O) groups excluding carboxylic acids is 3. The summed E-state index contributed by atoms with van der Waals surface area (Å²) < 4.78 is 17.5. The number of carbonyl (C=O) groups is 3. The number of nitrogens with one attached hydrogen (secondary N) is 1. The summed E-state index contributed by atoms with van der Waals surface area (Å²) in [5.41, 5.74) is 1.72. The zero-order valence-electron chi connectivity index (χ0n) is 19.7. The highest BCUT2D eigenvalue weighted by atomic mass is 16.5. The van der Waals surface area contributed by atoms with Crippen LogP contribution in [0.1, 0.15) is 36.6 Å². The standard InChI is InChI=1S/C26H28N2O6/c1-5-34-25(31)28-22-9-7-6-8-19(22)20-15-26(24(30)33-4,27-16(2)29)21(14-23(20)28)17-10-12-18(32-3)13-11-17/h6-13,21H,5,14-15H2,1-4H3,(H,27,29)/t21-,26+/m1/s1. The van der Waals surface area contributed by atoms with E-state index in [1.54, 1.807) is 18.6 Å². The largest absolute Gasteiger partial charge is 0.497 e. The van der Waals surface area contributed by atoms with Gasteiger partial charge in [-0.1, -0.05) is 30.3 Å². The van der Waals surface area contributed by atoms with Crippen LogP contribution in [0.3, 0.4) is 0 Å². The van der Waals surface area contributed by atoms with Crippen LogP contribution >= 0.6 is 0 Å². The van der Waals surface area contributed by atoms with Crippen LogP contribution in [-0.4, -0.2) is 48.9 Å². The summed E-state index contributed by atoms with van der Waals surface area (Å²) in [6.45, 7) is 3.38. The quantitative estimate of drug-likeness (QED) is 0.580. The molecule has 1 aliphatic carbocycles. The molecule has 2 aromatic carbocycles. The van der Waals surface area contributed by atoms with Gasteiger partial charge in [-0.2, -0.15) is 0 Å². The van der Waals surface area contributed by atoms with Crippen LogP contribution in [0.5, 0.6) is 5.75 Å². The molecule has 1 aliphatic rings. The lowest BCUT2D eigenvalue weighted by Crippen LogP contribution is -2.62. The summed E-state index contributed by atoms with van der Waals surface area (Å²) in [6.07, 6.45) is 0.00135. The van der Waals surface area contributed by atoms with Gasteiger partial charge in [0.15, 0.2) is 0 Å². The predicted octanol–water partition coefficient (Wildman–Crippen LogP) is 3.58. The number of fused-ring (bicyclic) bond motifs is 3. The monoisotopic (exact) mass is 464 g/mol. The van der Waals surface area contributed by atoms with E-state index in [0.29, 0.717) is 17.7 Å². The Labute approximate surface area is 197 Å². The molecule has 0 fully saturated rings. The summed E-state index contributed by atoms with van der Waals surface area (Å²) in [7, 11) is 2.89. The first-order chi connectivity index (χ1) is 16.4. The van der Waals surface area contributed by atoms with Gasteiger partial charge >= 0.3 is 12.1 Å². The van der Waals surface area contributed by atoms with E-state index in [-0.39, 0.29) is 18.9 Å². The van der Waals surface area contributed by atoms with Crippen molar-refractivity contribution in [3.63, 3.8) is 0 Å². The van der Waals surface area contributed by atoms with Crippen LogP contribution in [0, 0.1) is 0 Å². The van der Waals surface area contributed by atoms with Crippen molar-refractivity contribution in [2.24, 2.45) is 0 Å². The number of benzene rings is 2. The molecule has 34 heavy (non-hydrogen) atoms. The number of rotatable bonds is 5. The number of amides is 1. The van der Waals surface area contributed by atoms with E-state index in [9.17, 15) is 14.4 Å². The maximum atomic E-state index is 13.4. The molecule has 1 amide bonds. The molecule has 0 unspecified atom stereocenters. The average Bonchev–Trinajstić information content (AvgIpc) is 3.16. The maximum Gasteiger partial charge on any atom is 0.418 e. The fourth-order valence-corrected chi connectivity index (χ4v) is 5.07. The van der Waals surface area contributed by atoms with Gasteiger partial charge in [0.1, 0.15) is 11.3 Å². The molecular formula is C26H28N2O6. The highest BCUT2D eigenvalue weighted by Crippen LogP contribution is 2.44. The summed E-state index contributed by atoms with van der Waals surface area (Å²) in [5, 5.41) is 3.75. The molecule has 0 saturated carbocycles. The molecular weight excluding hydrogens is 436 g/mol. The van der Waals surface area contributed by atoms with Gasteiger partial charge in [-0.05, 0) is 42.7 Å². The molecule has 1 N–H and O–H groups in total. The highest BCUT2D eigenvalue weighted by Gasteiger charge is 2.52. The number of esters is 1. The van der Waals surface area contributed by atoms with Gasteiger partial charge in [-0.15, -0.1) is 0 Å². The minimum absolute atomic E-state index is 0.165. The zero-order valence-corrected chi connectivity index (χ0v) is 19.7. The average molecular weight is 465 g/mol. The van der Waals surface area contributed by atoms with Crippen molar-refractivity contribution < 1.29 is 28.6 Å². The van der Waals surface area contributed by atoms with E-state index in [1.165, 1.54) is 14.0 Å². The minimum atomic E-state index is -1.36. The Morgan fingerprint density at radius 1 is 1.09 bits per heavy atom. The van der Waals surface area contributed by atoms with Gasteiger partial charge < -0.3 is 19.5 Å². The van der Waals surface area contributed by atoms with Crippen molar-refractivity contribution in [3.05, 3.63) is 65.4 Å². The van der Waals surface area contributed by atoms with E-state index in [1.807, 2.05) is 48.5 Å². The Bertz CT molecular complexity index is 1250. The number of hydrogen-bond donors (Lipinski definition) is 1. The van der Waals surface area contributed by atoms with Gasteiger partial charge in [-0.3, -0.25) is 4.79 Å². The Morgan fingerprint density at radius 2 is 1.79 bits per heavy atom. The molecule has 4 rings (SSSR count). The molecule has 8 heteroatoms. The number of nitrogens with zero attached hydrogens (tertiary/aromatic N) is 1. The summed E-state index contributed by atoms with van der Waals surface area (Å²) >= 11 is 0. The van der Waals surface area contributed by atoms with Crippen molar-refractivity contribution in [1.29, 1.82) is 0 Å². The predicted molar refractivity (Wildman–Crippen MR) is 126 cm³/mol.